The second-order valence-corrected chi connectivity index (χ2v) is 12.2. The minimum Gasteiger partial charge on any atom is -0.355 e. The zero-order valence-electron chi connectivity index (χ0n) is 20.8. The highest BCUT2D eigenvalue weighted by molar-refractivity contribution is 9.10. The zero-order valence-corrected chi connectivity index (χ0v) is 24.8. The van der Waals surface area contributed by atoms with Crippen LogP contribution in [0.5, 0.6) is 0 Å². The summed E-state index contributed by atoms with van der Waals surface area (Å²) in [6.07, 6.45) is 0. The summed E-state index contributed by atoms with van der Waals surface area (Å²) < 4.78 is 30.1. The van der Waals surface area contributed by atoms with E-state index in [1.165, 1.54) is 17.0 Å². The van der Waals surface area contributed by atoms with Gasteiger partial charge in [0, 0.05) is 22.0 Å². The lowest BCUT2D eigenvalue weighted by atomic mass is 10.1. The van der Waals surface area contributed by atoms with Gasteiger partial charge < -0.3 is 10.2 Å². The number of aryl methyl sites for hydroxylation is 1. The van der Waals surface area contributed by atoms with Crippen molar-refractivity contribution in [3.8, 4) is 0 Å². The average Bonchev–Trinajstić information content (AvgIpc) is 2.85. The highest BCUT2D eigenvalue weighted by Gasteiger charge is 2.32. The van der Waals surface area contributed by atoms with Crippen molar-refractivity contribution in [3.05, 3.63) is 92.9 Å². The Hall–Kier alpha value is -2.69. The molecule has 0 aliphatic heterocycles. The van der Waals surface area contributed by atoms with Gasteiger partial charge in [-0.2, -0.15) is 0 Å². The van der Waals surface area contributed by atoms with Crippen molar-refractivity contribution in [1.82, 2.24) is 10.2 Å². The van der Waals surface area contributed by atoms with Gasteiger partial charge in [0.15, 0.2) is 0 Å². The summed E-state index contributed by atoms with van der Waals surface area (Å²) >= 11 is 6.83. The number of halogens is 2. The van der Waals surface area contributed by atoms with E-state index in [1.54, 1.807) is 50.2 Å². The van der Waals surface area contributed by atoms with Crippen LogP contribution in [0.3, 0.4) is 0 Å². The van der Waals surface area contributed by atoms with Crippen LogP contribution >= 0.6 is 31.9 Å². The van der Waals surface area contributed by atoms with Crippen LogP contribution in [0.1, 0.15) is 25.0 Å². The maximum absolute atomic E-state index is 13.8. The Morgan fingerprint density at radius 1 is 0.946 bits per heavy atom. The van der Waals surface area contributed by atoms with Crippen molar-refractivity contribution in [2.45, 2.75) is 38.3 Å². The molecular weight excluding hydrogens is 622 g/mol. The third kappa shape index (κ3) is 7.43. The minimum atomic E-state index is -4.10. The third-order valence-electron chi connectivity index (χ3n) is 5.74. The number of hydrogen-bond donors (Lipinski definition) is 1. The molecule has 0 bridgehead atoms. The summed E-state index contributed by atoms with van der Waals surface area (Å²) in [4.78, 5) is 28.0. The molecule has 1 atom stereocenters. The fourth-order valence-corrected chi connectivity index (χ4v) is 5.97. The topological polar surface area (TPSA) is 86.8 Å². The fraction of sp³-hybridized carbons (Fsp3) is 0.259. The molecule has 3 aromatic carbocycles. The minimum absolute atomic E-state index is 0.0705. The van der Waals surface area contributed by atoms with Gasteiger partial charge in [0.25, 0.3) is 10.0 Å². The van der Waals surface area contributed by atoms with E-state index < -0.39 is 28.5 Å². The molecule has 10 heteroatoms. The summed E-state index contributed by atoms with van der Waals surface area (Å²) in [5.41, 5.74) is 2.05. The molecular formula is C27H29Br2N3O4S. The van der Waals surface area contributed by atoms with Crippen LogP contribution < -0.4 is 9.62 Å². The molecule has 3 aromatic rings. The summed E-state index contributed by atoms with van der Waals surface area (Å²) in [7, 11) is -4.10. The number of carbonyl (C=O) groups is 2. The van der Waals surface area contributed by atoms with Gasteiger partial charge in [-0.1, -0.05) is 67.8 Å². The number of anilines is 1. The summed E-state index contributed by atoms with van der Waals surface area (Å²) in [5, 5.41) is 2.75. The highest BCUT2D eigenvalue weighted by Crippen LogP contribution is 2.27. The van der Waals surface area contributed by atoms with Gasteiger partial charge in [-0.05, 0) is 68.8 Å². The maximum Gasteiger partial charge on any atom is 0.264 e. The van der Waals surface area contributed by atoms with Crippen LogP contribution in [-0.4, -0.2) is 44.3 Å². The third-order valence-corrected chi connectivity index (χ3v) is 8.52. The Kier molecular flexibility index (Phi) is 9.92. The van der Waals surface area contributed by atoms with Crippen LogP contribution in [-0.2, 0) is 26.2 Å². The van der Waals surface area contributed by atoms with Crippen molar-refractivity contribution >= 4 is 59.4 Å². The van der Waals surface area contributed by atoms with Gasteiger partial charge in [-0.15, -0.1) is 0 Å². The summed E-state index contributed by atoms with van der Waals surface area (Å²) in [6.45, 7) is 5.37. The number of carbonyl (C=O) groups excluding carboxylic acids is 2. The molecule has 0 aliphatic carbocycles. The second-order valence-electron chi connectivity index (χ2n) is 8.53. The van der Waals surface area contributed by atoms with Crippen molar-refractivity contribution in [2.24, 2.45) is 0 Å². The van der Waals surface area contributed by atoms with Crippen molar-refractivity contribution in [2.75, 3.05) is 17.4 Å². The molecule has 0 saturated carbocycles. The monoisotopic (exact) mass is 649 g/mol. The van der Waals surface area contributed by atoms with E-state index in [4.69, 9.17) is 0 Å². The molecule has 0 saturated heterocycles. The highest BCUT2D eigenvalue weighted by atomic mass is 79.9. The second kappa shape index (κ2) is 12.7. The van der Waals surface area contributed by atoms with Crippen LogP contribution in [0.15, 0.2) is 86.6 Å². The zero-order chi connectivity index (χ0) is 27.2. The number of nitrogens with zero attached hydrogens (tertiary/aromatic N) is 2. The van der Waals surface area contributed by atoms with E-state index in [9.17, 15) is 18.0 Å². The Morgan fingerprint density at radius 2 is 1.57 bits per heavy atom. The van der Waals surface area contributed by atoms with E-state index in [1.807, 2.05) is 31.2 Å². The van der Waals surface area contributed by atoms with Crippen LogP contribution in [0, 0.1) is 6.92 Å². The molecule has 7 nitrogen and oxygen atoms in total. The number of likely N-dealkylation sites (N-methyl/N-ethyl adjacent to an activating group) is 1. The van der Waals surface area contributed by atoms with E-state index in [2.05, 4.69) is 37.2 Å². The smallest absolute Gasteiger partial charge is 0.264 e. The molecule has 1 N–H and O–H groups in total. The number of benzene rings is 3. The molecule has 196 valence electrons. The van der Waals surface area contributed by atoms with Crippen LogP contribution in [0.25, 0.3) is 0 Å². The molecule has 0 fully saturated rings. The first-order valence-corrected chi connectivity index (χ1v) is 14.7. The molecule has 0 spiro atoms. The van der Waals surface area contributed by atoms with Gasteiger partial charge in [0.05, 0.1) is 10.6 Å². The lowest BCUT2D eigenvalue weighted by Gasteiger charge is -2.32. The predicted octanol–water partition coefficient (Wildman–Crippen LogP) is 5.27. The van der Waals surface area contributed by atoms with Gasteiger partial charge in [0.2, 0.25) is 11.8 Å². The molecule has 0 aliphatic rings. The first kappa shape index (κ1) is 28.9. The standard InChI is InChI=1S/C27H29Br2N3O4S/c1-4-30-27(34)20(3)31(17-21-7-5-8-22(28)15-21)26(33)18-32(24-10-6-9-23(29)16-24)37(35,36)25-13-11-19(2)12-14-25/h5-16,20H,4,17-18H2,1-3H3,(H,30,34)/t20-/m1/s1. The molecule has 3 rings (SSSR count). The van der Waals surface area contributed by atoms with Crippen LogP contribution in [0.4, 0.5) is 5.69 Å². The molecule has 0 radical (unpaired) electrons. The lowest BCUT2D eigenvalue weighted by Crippen LogP contribution is -2.51. The SMILES string of the molecule is CCNC(=O)[C@@H](C)N(Cc1cccc(Br)c1)C(=O)CN(c1cccc(Br)c1)S(=O)(=O)c1ccc(C)cc1. The number of hydrogen-bond acceptors (Lipinski definition) is 4. The van der Waals surface area contributed by atoms with E-state index >= 15 is 0 Å². The first-order chi connectivity index (χ1) is 17.5. The van der Waals surface area contributed by atoms with Crippen molar-refractivity contribution < 1.29 is 18.0 Å². The predicted molar refractivity (Wildman–Crippen MR) is 153 cm³/mol. The molecule has 0 heterocycles. The Balaban J connectivity index is 2.03. The first-order valence-electron chi connectivity index (χ1n) is 11.7. The van der Waals surface area contributed by atoms with E-state index in [-0.39, 0.29) is 17.3 Å². The van der Waals surface area contributed by atoms with Gasteiger partial charge in [0.1, 0.15) is 12.6 Å². The van der Waals surface area contributed by atoms with E-state index in [0.717, 1.165) is 19.9 Å². The summed E-state index contributed by atoms with van der Waals surface area (Å²) in [6, 6.07) is 19.8. The van der Waals surface area contributed by atoms with Crippen molar-refractivity contribution in [3.63, 3.8) is 0 Å². The summed E-state index contributed by atoms with van der Waals surface area (Å²) in [5.74, 6) is -0.823. The molecule has 37 heavy (non-hydrogen) atoms. The molecule has 0 unspecified atom stereocenters. The fourth-order valence-electron chi connectivity index (χ4n) is 3.73. The normalized spacial score (nSPS) is 12.0. The van der Waals surface area contributed by atoms with E-state index in [0.29, 0.717) is 16.7 Å². The Bertz CT molecular complexity index is 1360. The Labute approximate surface area is 235 Å². The lowest BCUT2D eigenvalue weighted by molar-refractivity contribution is -0.139. The van der Waals surface area contributed by atoms with Gasteiger partial charge in [-0.3, -0.25) is 13.9 Å². The maximum atomic E-state index is 13.8. The number of nitrogens with one attached hydrogen (secondary N) is 1. The molecule has 0 aromatic heterocycles. The largest absolute Gasteiger partial charge is 0.355 e. The number of sulfonamides is 1. The quantitative estimate of drug-likeness (QED) is 0.324. The van der Waals surface area contributed by atoms with Crippen LogP contribution in [0.2, 0.25) is 0 Å². The average molecular weight is 651 g/mol. The Morgan fingerprint density at radius 3 is 2.16 bits per heavy atom. The number of rotatable bonds is 10. The van der Waals surface area contributed by atoms with Gasteiger partial charge in [-0.25, -0.2) is 8.42 Å². The molecule has 2 amide bonds. The number of amides is 2. The van der Waals surface area contributed by atoms with Crippen molar-refractivity contribution in [1.29, 1.82) is 0 Å². The van der Waals surface area contributed by atoms with Gasteiger partial charge >= 0.3 is 0 Å².